The van der Waals surface area contributed by atoms with Gasteiger partial charge in [0.15, 0.2) is 0 Å². The van der Waals surface area contributed by atoms with Crippen molar-refractivity contribution in [1.82, 2.24) is 14.5 Å². The van der Waals surface area contributed by atoms with Crippen LogP contribution in [-0.2, 0) is 0 Å². The van der Waals surface area contributed by atoms with Crippen molar-refractivity contribution < 1.29 is 0 Å². The lowest BCUT2D eigenvalue weighted by Gasteiger charge is -2.25. The Bertz CT molecular complexity index is 3240. The van der Waals surface area contributed by atoms with Crippen molar-refractivity contribution in [3.8, 4) is 28.1 Å². The van der Waals surface area contributed by atoms with Gasteiger partial charge in [-0.2, -0.15) is 0 Å². The molecular weight excluding hydrogens is 741 g/mol. The summed E-state index contributed by atoms with van der Waals surface area (Å²) in [5, 5.41) is 4.78. The summed E-state index contributed by atoms with van der Waals surface area (Å²) in [6, 6.07) is 65.7. The second-order valence-electron chi connectivity index (χ2n) is 16.5. The third kappa shape index (κ3) is 6.22. The summed E-state index contributed by atoms with van der Waals surface area (Å²) in [5.41, 5.74) is 12.9. The highest BCUT2D eigenvalue weighted by atomic mass is 15.1. The van der Waals surface area contributed by atoms with Crippen LogP contribution in [-0.4, -0.2) is 14.5 Å². The average molecular weight is 783 g/mol. The van der Waals surface area contributed by atoms with Crippen LogP contribution in [0.25, 0.3) is 62.0 Å². The van der Waals surface area contributed by atoms with Crippen LogP contribution in [0.5, 0.6) is 0 Å². The molecule has 3 aliphatic rings. The fourth-order valence-corrected chi connectivity index (χ4v) is 9.85. The van der Waals surface area contributed by atoms with Crippen molar-refractivity contribution in [1.29, 1.82) is 0 Å². The van der Waals surface area contributed by atoms with Crippen molar-refractivity contribution in [3.63, 3.8) is 0 Å². The number of fused-ring (bicyclic) bond motifs is 5. The Morgan fingerprint density at radius 3 is 1.80 bits per heavy atom. The van der Waals surface area contributed by atoms with Gasteiger partial charge in [0.05, 0.1) is 22.1 Å². The van der Waals surface area contributed by atoms with E-state index in [1.165, 1.54) is 43.7 Å². The number of benzene rings is 7. The minimum atomic E-state index is 0.185. The highest BCUT2D eigenvalue weighted by molar-refractivity contribution is 6.11. The molecule has 4 atom stereocenters. The van der Waals surface area contributed by atoms with E-state index in [0.717, 1.165) is 51.6 Å². The maximum Gasteiger partial charge on any atom is 0.136 e. The molecule has 1 fully saturated rings. The Kier molecular flexibility index (Phi) is 8.48. The van der Waals surface area contributed by atoms with Crippen molar-refractivity contribution in [2.75, 3.05) is 4.90 Å². The van der Waals surface area contributed by atoms with Crippen LogP contribution in [0.2, 0.25) is 0 Å². The van der Waals surface area contributed by atoms with Crippen molar-refractivity contribution in [2.45, 2.75) is 18.3 Å². The number of nitrogens with zero attached hydrogens (tertiary/aromatic N) is 4. The number of hydrogen-bond donors (Lipinski definition) is 0. The van der Waals surface area contributed by atoms with E-state index in [9.17, 15) is 0 Å². The first-order valence-electron chi connectivity index (χ1n) is 21.4. The molecule has 2 heterocycles. The van der Waals surface area contributed by atoms with Gasteiger partial charge in [0.2, 0.25) is 0 Å². The van der Waals surface area contributed by atoms with Gasteiger partial charge in [0, 0.05) is 50.2 Å². The molecule has 61 heavy (non-hydrogen) atoms. The average Bonchev–Trinajstić information content (AvgIpc) is 3.95. The SMILES string of the molecule is C1=CCC(c2nc(-c3ccccc3)c3c(n2)=C[C@@H]2C(c4ccc5c(c4)c4cc(-c6ccc(N(c7ccccc7)c7ccccc7)cc6)ccc4n5-c4ccccc4)[C@H]2C=3)C=C1. The van der Waals surface area contributed by atoms with Gasteiger partial charge in [-0.1, -0.05) is 146 Å². The highest BCUT2D eigenvalue weighted by Crippen LogP contribution is 2.57. The van der Waals surface area contributed by atoms with Gasteiger partial charge in [-0.05, 0) is 114 Å². The molecule has 4 heteroatoms. The van der Waals surface area contributed by atoms with Gasteiger partial charge in [-0.25, -0.2) is 9.97 Å². The van der Waals surface area contributed by atoms with Gasteiger partial charge in [0.25, 0.3) is 0 Å². The van der Waals surface area contributed by atoms with Crippen LogP contribution >= 0.6 is 0 Å². The number of rotatable bonds is 8. The molecule has 2 unspecified atom stereocenters. The molecular formula is C57H42N4. The van der Waals surface area contributed by atoms with Crippen LogP contribution in [0.3, 0.4) is 0 Å². The molecule has 0 saturated heterocycles. The number of allylic oxidation sites excluding steroid dienone is 4. The molecule has 0 spiro atoms. The number of aromatic nitrogens is 3. The summed E-state index contributed by atoms with van der Waals surface area (Å²) in [6.45, 7) is 0. The molecule has 1 saturated carbocycles. The van der Waals surface area contributed by atoms with Crippen LogP contribution < -0.4 is 15.5 Å². The first-order valence-corrected chi connectivity index (χ1v) is 21.4. The van der Waals surface area contributed by atoms with Gasteiger partial charge >= 0.3 is 0 Å². The summed E-state index contributed by atoms with van der Waals surface area (Å²) in [7, 11) is 0. The zero-order chi connectivity index (χ0) is 40.3. The molecule has 4 nitrogen and oxygen atoms in total. The van der Waals surface area contributed by atoms with E-state index in [4.69, 9.17) is 9.97 Å². The minimum Gasteiger partial charge on any atom is -0.311 e. The quantitative estimate of drug-likeness (QED) is 0.154. The molecule has 9 aromatic rings. The predicted molar refractivity (Wildman–Crippen MR) is 252 cm³/mol. The molecule has 3 aliphatic carbocycles. The predicted octanol–water partition coefficient (Wildman–Crippen LogP) is 12.6. The maximum absolute atomic E-state index is 5.26. The summed E-state index contributed by atoms with van der Waals surface area (Å²) in [4.78, 5) is 12.8. The van der Waals surface area contributed by atoms with E-state index in [-0.39, 0.29) is 5.92 Å². The van der Waals surface area contributed by atoms with Crippen molar-refractivity contribution in [3.05, 3.63) is 228 Å². The monoisotopic (exact) mass is 782 g/mol. The second-order valence-corrected chi connectivity index (χ2v) is 16.5. The highest BCUT2D eigenvalue weighted by Gasteiger charge is 2.49. The van der Waals surface area contributed by atoms with Crippen LogP contribution in [0, 0.1) is 11.8 Å². The molecule has 290 valence electrons. The minimum absolute atomic E-state index is 0.185. The molecule has 0 N–H and O–H groups in total. The van der Waals surface area contributed by atoms with Gasteiger partial charge in [-0.3, -0.25) is 0 Å². The number of hydrogen-bond acceptors (Lipinski definition) is 3. The van der Waals surface area contributed by atoms with E-state index in [0.29, 0.717) is 17.8 Å². The van der Waals surface area contributed by atoms with E-state index in [1.54, 1.807) is 0 Å². The topological polar surface area (TPSA) is 34.0 Å². The summed E-state index contributed by atoms with van der Waals surface area (Å²) >= 11 is 0. The largest absolute Gasteiger partial charge is 0.311 e. The normalized spacial score (nSPS) is 18.6. The van der Waals surface area contributed by atoms with E-state index < -0.39 is 0 Å². The molecule has 0 bridgehead atoms. The molecule has 2 aromatic heterocycles. The second kappa shape index (κ2) is 14.6. The third-order valence-corrected chi connectivity index (χ3v) is 12.9. The lowest BCUT2D eigenvalue weighted by Crippen LogP contribution is -2.35. The molecule has 12 rings (SSSR count). The summed E-state index contributed by atoms with van der Waals surface area (Å²) in [6.07, 6.45) is 14.5. The maximum atomic E-state index is 5.26. The van der Waals surface area contributed by atoms with Crippen molar-refractivity contribution in [2.24, 2.45) is 11.8 Å². The molecule has 0 amide bonds. The van der Waals surface area contributed by atoms with E-state index in [2.05, 4.69) is 228 Å². The Morgan fingerprint density at radius 2 is 1.11 bits per heavy atom. The zero-order valence-corrected chi connectivity index (χ0v) is 33.6. The lowest BCUT2D eigenvalue weighted by atomic mass is 9.98. The van der Waals surface area contributed by atoms with Crippen LogP contribution in [0.1, 0.15) is 29.6 Å². The summed E-state index contributed by atoms with van der Waals surface area (Å²) in [5.74, 6) is 2.28. The third-order valence-electron chi connectivity index (χ3n) is 12.9. The first kappa shape index (κ1) is 35.4. The zero-order valence-electron chi connectivity index (χ0n) is 33.6. The van der Waals surface area contributed by atoms with Crippen LogP contribution in [0.15, 0.2) is 206 Å². The Labute approximate surface area is 355 Å². The number of anilines is 3. The Morgan fingerprint density at radius 1 is 0.508 bits per heavy atom. The smallest absolute Gasteiger partial charge is 0.136 e. The van der Waals surface area contributed by atoms with Gasteiger partial charge in [0.1, 0.15) is 5.82 Å². The lowest BCUT2D eigenvalue weighted by molar-refractivity contribution is 0.762. The van der Waals surface area contributed by atoms with Gasteiger partial charge in [-0.15, -0.1) is 0 Å². The van der Waals surface area contributed by atoms with Crippen LogP contribution in [0.4, 0.5) is 17.1 Å². The Hall–Kier alpha value is -7.56. The number of para-hydroxylation sites is 3. The molecule has 0 radical (unpaired) electrons. The fourth-order valence-electron chi connectivity index (χ4n) is 9.85. The molecule has 7 aromatic carbocycles. The first-order chi connectivity index (χ1) is 30.2. The van der Waals surface area contributed by atoms with Crippen molar-refractivity contribution >= 4 is 51.0 Å². The fraction of sp³-hybridized carbons (Fsp3) is 0.0877. The van der Waals surface area contributed by atoms with E-state index >= 15 is 0 Å². The van der Waals surface area contributed by atoms with E-state index in [1.807, 2.05) is 0 Å². The summed E-state index contributed by atoms with van der Waals surface area (Å²) < 4.78 is 2.42. The molecule has 0 aliphatic heterocycles. The Balaban J connectivity index is 0.946. The standard InChI is InChI=1S/C57H42N4/c1-6-16-39(17-7-1)56-51-36-49-50(37-52(51)58-57(59-56)40-18-8-2-9-19-40)55(49)42-29-33-54-48(35-42)47-34-41(28-32-53(47)61(54)45-24-14-5-15-25-45)38-26-30-46(31-27-38)60(43-20-10-3-11-21-43)44-22-12-4-13-23-44/h1-18,20-37,40,49-50,55H,19H2/t40?,49-,50-,55?/m0/s1. The van der Waals surface area contributed by atoms with Gasteiger partial charge < -0.3 is 9.47 Å².